The molecule has 0 saturated carbocycles. The van der Waals surface area contributed by atoms with E-state index in [2.05, 4.69) is 5.32 Å². The first-order valence-corrected chi connectivity index (χ1v) is 9.53. The van der Waals surface area contributed by atoms with Crippen LogP contribution in [0.2, 0.25) is 5.02 Å². The van der Waals surface area contributed by atoms with Gasteiger partial charge in [0.1, 0.15) is 11.9 Å². The van der Waals surface area contributed by atoms with Crippen LogP contribution in [0.1, 0.15) is 38.8 Å². The van der Waals surface area contributed by atoms with E-state index in [-0.39, 0.29) is 30.6 Å². The van der Waals surface area contributed by atoms with Gasteiger partial charge in [-0.25, -0.2) is 4.39 Å². The summed E-state index contributed by atoms with van der Waals surface area (Å²) in [7, 11) is 0. The van der Waals surface area contributed by atoms with E-state index in [0.29, 0.717) is 10.6 Å². The first-order valence-electron chi connectivity index (χ1n) is 9.15. The van der Waals surface area contributed by atoms with Crippen LogP contribution in [0.25, 0.3) is 0 Å². The van der Waals surface area contributed by atoms with Gasteiger partial charge in [0, 0.05) is 17.1 Å². The molecule has 0 aliphatic rings. The maximum atomic E-state index is 13.1. The Balaban J connectivity index is 2.23. The summed E-state index contributed by atoms with van der Waals surface area (Å²) >= 11 is 5.94. The van der Waals surface area contributed by atoms with E-state index in [1.165, 1.54) is 17.0 Å². The lowest BCUT2D eigenvalue weighted by Crippen LogP contribution is -2.52. The van der Waals surface area contributed by atoms with Gasteiger partial charge in [-0.2, -0.15) is 0 Å². The summed E-state index contributed by atoms with van der Waals surface area (Å²) in [6, 6.07) is 12.3. The maximum Gasteiger partial charge on any atom is 0.242 e. The summed E-state index contributed by atoms with van der Waals surface area (Å²) in [4.78, 5) is 27.2. The Bertz CT molecular complexity index is 814. The average Bonchev–Trinajstić information content (AvgIpc) is 2.61. The molecule has 0 aliphatic carbocycles. The molecule has 0 aliphatic heterocycles. The summed E-state index contributed by atoms with van der Waals surface area (Å²) in [5, 5.41) is 3.52. The monoisotopic (exact) mass is 404 g/mol. The molecule has 0 bridgehead atoms. The van der Waals surface area contributed by atoms with Gasteiger partial charge >= 0.3 is 0 Å². The smallest absolute Gasteiger partial charge is 0.242 e. The van der Waals surface area contributed by atoms with Crippen LogP contribution < -0.4 is 5.32 Å². The molecule has 0 radical (unpaired) electrons. The highest BCUT2D eigenvalue weighted by atomic mass is 35.5. The molecule has 28 heavy (non-hydrogen) atoms. The van der Waals surface area contributed by atoms with E-state index in [0.717, 1.165) is 5.56 Å². The molecular formula is C22H26ClFN2O2. The summed E-state index contributed by atoms with van der Waals surface area (Å²) in [5.74, 6) is -0.792. The van der Waals surface area contributed by atoms with E-state index in [4.69, 9.17) is 11.6 Å². The van der Waals surface area contributed by atoms with Crippen molar-refractivity contribution in [1.82, 2.24) is 10.2 Å². The fourth-order valence-corrected chi connectivity index (χ4v) is 2.85. The lowest BCUT2D eigenvalue weighted by atomic mass is 10.1. The normalized spacial score (nSPS) is 12.4. The van der Waals surface area contributed by atoms with Crippen LogP contribution in [-0.2, 0) is 22.6 Å². The zero-order chi connectivity index (χ0) is 20.9. The Labute approximate surface area is 170 Å². The highest BCUT2D eigenvalue weighted by molar-refractivity contribution is 6.30. The third-order valence-electron chi connectivity index (χ3n) is 4.20. The van der Waals surface area contributed by atoms with Gasteiger partial charge in [0.15, 0.2) is 0 Å². The number of carbonyl (C=O) groups is 2. The van der Waals surface area contributed by atoms with Gasteiger partial charge in [0.05, 0.1) is 6.42 Å². The number of carbonyl (C=O) groups excluding carboxylic acids is 2. The molecule has 0 heterocycles. The summed E-state index contributed by atoms with van der Waals surface area (Å²) in [6.45, 7) is 7.65. The second-order valence-corrected chi connectivity index (χ2v) is 8.30. The van der Waals surface area contributed by atoms with Crippen LogP contribution in [0.5, 0.6) is 0 Å². The van der Waals surface area contributed by atoms with Crippen molar-refractivity contribution in [3.63, 3.8) is 0 Å². The number of nitrogens with one attached hydrogen (secondary N) is 1. The number of amides is 2. The Kier molecular flexibility index (Phi) is 7.19. The lowest BCUT2D eigenvalue weighted by molar-refractivity contribution is -0.140. The van der Waals surface area contributed by atoms with Crippen molar-refractivity contribution in [3.8, 4) is 0 Å². The third kappa shape index (κ3) is 6.64. The number of hydrogen-bond donors (Lipinski definition) is 1. The first kappa shape index (κ1) is 21.9. The Morgan fingerprint density at radius 2 is 1.57 bits per heavy atom. The summed E-state index contributed by atoms with van der Waals surface area (Å²) in [5.41, 5.74) is 1.15. The zero-order valence-corrected chi connectivity index (χ0v) is 17.4. The second-order valence-electron chi connectivity index (χ2n) is 7.87. The predicted octanol–water partition coefficient (Wildman–Crippen LogP) is 4.35. The van der Waals surface area contributed by atoms with E-state index in [9.17, 15) is 14.0 Å². The van der Waals surface area contributed by atoms with Crippen molar-refractivity contribution >= 4 is 23.4 Å². The Hall–Kier alpha value is -2.40. The van der Waals surface area contributed by atoms with Crippen LogP contribution in [0.15, 0.2) is 48.5 Å². The fourth-order valence-electron chi connectivity index (χ4n) is 2.72. The second kappa shape index (κ2) is 9.20. The van der Waals surface area contributed by atoms with Crippen molar-refractivity contribution in [1.29, 1.82) is 0 Å². The standard InChI is InChI=1S/C22H26ClFN2O2/c1-15(21(28)25-22(2,3)4)26(14-17-5-9-18(23)10-6-17)20(27)13-16-7-11-19(24)12-8-16/h5-12,15H,13-14H2,1-4H3,(H,25,28). The molecule has 1 unspecified atom stereocenters. The molecule has 2 amide bonds. The molecule has 150 valence electrons. The molecule has 2 rings (SSSR count). The van der Waals surface area contributed by atoms with Crippen molar-refractivity contribution in [2.75, 3.05) is 0 Å². The van der Waals surface area contributed by atoms with E-state index in [1.54, 1.807) is 31.2 Å². The van der Waals surface area contributed by atoms with Crippen LogP contribution in [0.3, 0.4) is 0 Å². The SMILES string of the molecule is CC(C(=O)NC(C)(C)C)N(Cc1ccc(Cl)cc1)C(=O)Cc1ccc(F)cc1. The minimum absolute atomic E-state index is 0.0843. The molecule has 6 heteroatoms. The van der Waals surface area contributed by atoms with Crippen LogP contribution in [0.4, 0.5) is 4.39 Å². The quantitative estimate of drug-likeness (QED) is 0.777. The summed E-state index contributed by atoms with van der Waals surface area (Å²) in [6.07, 6.45) is 0.0843. The van der Waals surface area contributed by atoms with Gasteiger partial charge in [-0.3, -0.25) is 9.59 Å². The predicted molar refractivity (Wildman–Crippen MR) is 109 cm³/mol. The zero-order valence-electron chi connectivity index (χ0n) is 16.6. The van der Waals surface area contributed by atoms with Crippen LogP contribution in [-0.4, -0.2) is 28.3 Å². The Morgan fingerprint density at radius 1 is 1.04 bits per heavy atom. The van der Waals surface area contributed by atoms with Crippen molar-refractivity contribution < 1.29 is 14.0 Å². The van der Waals surface area contributed by atoms with Gasteiger partial charge in [-0.1, -0.05) is 35.9 Å². The van der Waals surface area contributed by atoms with Crippen molar-refractivity contribution in [3.05, 3.63) is 70.5 Å². The van der Waals surface area contributed by atoms with Gasteiger partial charge < -0.3 is 10.2 Å². The largest absolute Gasteiger partial charge is 0.350 e. The molecule has 2 aromatic rings. The lowest BCUT2D eigenvalue weighted by Gasteiger charge is -2.31. The molecule has 2 aromatic carbocycles. The number of benzene rings is 2. The minimum atomic E-state index is -0.664. The molecule has 0 spiro atoms. The van der Waals surface area contributed by atoms with Gasteiger partial charge in [-0.05, 0) is 63.1 Å². The van der Waals surface area contributed by atoms with Gasteiger partial charge in [-0.15, -0.1) is 0 Å². The maximum absolute atomic E-state index is 13.1. The molecule has 0 saturated heterocycles. The fraction of sp³-hybridized carbons (Fsp3) is 0.364. The van der Waals surface area contributed by atoms with Crippen LogP contribution in [0, 0.1) is 5.82 Å². The summed E-state index contributed by atoms with van der Waals surface area (Å²) < 4.78 is 13.1. The van der Waals surface area contributed by atoms with E-state index in [1.807, 2.05) is 32.9 Å². The third-order valence-corrected chi connectivity index (χ3v) is 4.45. The van der Waals surface area contributed by atoms with E-state index < -0.39 is 11.6 Å². The molecule has 0 aromatic heterocycles. The molecule has 1 atom stereocenters. The average molecular weight is 405 g/mol. The molecular weight excluding hydrogens is 379 g/mol. The molecule has 1 N–H and O–H groups in total. The highest BCUT2D eigenvalue weighted by Crippen LogP contribution is 2.16. The Morgan fingerprint density at radius 3 is 2.11 bits per heavy atom. The highest BCUT2D eigenvalue weighted by Gasteiger charge is 2.28. The van der Waals surface area contributed by atoms with Gasteiger partial charge in [0.25, 0.3) is 0 Å². The first-order chi connectivity index (χ1) is 13.0. The number of nitrogens with zero attached hydrogens (tertiary/aromatic N) is 1. The number of rotatable bonds is 6. The molecule has 4 nitrogen and oxygen atoms in total. The van der Waals surface area contributed by atoms with Crippen LogP contribution >= 0.6 is 11.6 Å². The molecule has 0 fully saturated rings. The number of halogens is 2. The van der Waals surface area contributed by atoms with Gasteiger partial charge in [0.2, 0.25) is 11.8 Å². The van der Waals surface area contributed by atoms with E-state index >= 15 is 0 Å². The van der Waals surface area contributed by atoms with Crippen molar-refractivity contribution in [2.45, 2.75) is 52.2 Å². The van der Waals surface area contributed by atoms with Crippen molar-refractivity contribution in [2.24, 2.45) is 0 Å². The number of hydrogen-bond acceptors (Lipinski definition) is 2. The topological polar surface area (TPSA) is 49.4 Å². The minimum Gasteiger partial charge on any atom is -0.350 e.